The van der Waals surface area contributed by atoms with E-state index in [1.165, 1.54) is 36.1 Å². The van der Waals surface area contributed by atoms with Gasteiger partial charge in [0.25, 0.3) is 0 Å². The molecule has 1 unspecified atom stereocenters. The molecule has 0 amide bonds. The van der Waals surface area contributed by atoms with Crippen molar-refractivity contribution in [3.63, 3.8) is 0 Å². The van der Waals surface area contributed by atoms with Crippen LogP contribution in [0.3, 0.4) is 0 Å². The van der Waals surface area contributed by atoms with Crippen molar-refractivity contribution in [3.05, 3.63) is 71.3 Å². The number of halogens is 1. The Balaban J connectivity index is 0.00000320. The molecular weight excluding hydrogens is 485 g/mol. The van der Waals surface area contributed by atoms with Crippen LogP contribution in [0.5, 0.6) is 0 Å². The number of rotatable bonds is 8. The molecule has 0 spiro atoms. The van der Waals surface area contributed by atoms with Crippen LogP contribution in [0.25, 0.3) is 0 Å². The molecule has 1 aliphatic rings. The van der Waals surface area contributed by atoms with Crippen LogP contribution in [0.4, 0.5) is 0 Å². The van der Waals surface area contributed by atoms with Crippen LogP contribution in [0.15, 0.2) is 59.6 Å². The monoisotopic (exact) mass is 521 g/mol. The Labute approximate surface area is 199 Å². The molecule has 2 N–H and O–H groups in total. The normalized spacial score (nSPS) is 17.1. The van der Waals surface area contributed by atoms with Gasteiger partial charge in [0.1, 0.15) is 0 Å². The molecule has 0 aromatic heterocycles. The van der Waals surface area contributed by atoms with Gasteiger partial charge >= 0.3 is 0 Å². The summed E-state index contributed by atoms with van der Waals surface area (Å²) in [4.78, 5) is 9.19. The average Bonchev–Trinajstić information content (AvgIpc) is 3.15. The molecule has 6 heteroatoms. The first-order chi connectivity index (χ1) is 14.1. The molecule has 0 radical (unpaired) electrons. The second-order valence-corrected chi connectivity index (χ2v) is 8.12. The Morgan fingerprint density at radius 2 is 1.77 bits per heavy atom. The van der Waals surface area contributed by atoms with Gasteiger partial charge in [-0.1, -0.05) is 54.6 Å². The second-order valence-electron chi connectivity index (χ2n) is 8.12. The van der Waals surface area contributed by atoms with Crippen molar-refractivity contribution in [2.24, 2.45) is 4.99 Å². The molecule has 5 nitrogen and oxygen atoms in total. The highest BCUT2D eigenvalue weighted by Crippen LogP contribution is 2.19. The van der Waals surface area contributed by atoms with Gasteiger partial charge in [-0.15, -0.1) is 24.0 Å². The highest BCUT2D eigenvalue weighted by Gasteiger charge is 2.24. The Kier molecular flexibility index (Phi) is 10.6. The van der Waals surface area contributed by atoms with Gasteiger partial charge in [-0.25, -0.2) is 0 Å². The first-order valence-corrected chi connectivity index (χ1v) is 10.6. The summed E-state index contributed by atoms with van der Waals surface area (Å²) in [6.45, 7) is 4.86. The summed E-state index contributed by atoms with van der Waals surface area (Å²) in [6.07, 6.45) is 2.51. The molecule has 0 aliphatic carbocycles. The summed E-state index contributed by atoms with van der Waals surface area (Å²) < 4.78 is 0. The maximum absolute atomic E-state index is 4.41. The third kappa shape index (κ3) is 7.89. The van der Waals surface area contributed by atoms with Crippen LogP contribution >= 0.6 is 24.0 Å². The van der Waals surface area contributed by atoms with Crippen molar-refractivity contribution in [3.8, 4) is 0 Å². The summed E-state index contributed by atoms with van der Waals surface area (Å²) in [5, 5.41) is 6.99. The average molecular weight is 521 g/mol. The Bertz CT molecular complexity index is 778. The first kappa shape index (κ1) is 24.6. The zero-order chi connectivity index (χ0) is 20.5. The van der Waals surface area contributed by atoms with Gasteiger partial charge < -0.3 is 15.5 Å². The van der Waals surface area contributed by atoms with E-state index in [4.69, 9.17) is 0 Å². The highest BCUT2D eigenvalue weighted by atomic mass is 127. The third-order valence-electron chi connectivity index (χ3n) is 5.41. The molecule has 2 aromatic carbocycles. The van der Waals surface area contributed by atoms with Crippen molar-refractivity contribution in [1.82, 2.24) is 20.4 Å². The smallest absolute Gasteiger partial charge is 0.191 e. The molecule has 1 saturated heterocycles. The van der Waals surface area contributed by atoms with Crippen LogP contribution in [0.1, 0.15) is 29.5 Å². The van der Waals surface area contributed by atoms with Gasteiger partial charge in [0.15, 0.2) is 5.96 Å². The SMILES string of the molecule is CN=C(NCc1cccc(CN(C)C)c1)NCC1CCCN1Cc1ccccc1.I. The van der Waals surface area contributed by atoms with Crippen molar-refractivity contribution >= 4 is 29.9 Å². The highest BCUT2D eigenvalue weighted by molar-refractivity contribution is 14.0. The molecule has 1 aliphatic heterocycles. The van der Waals surface area contributed by atoms with E-state index in [1.807, 2.05) is 7.05 Å². The van der Waals surface area contributed by atoms with Gasteiger partial charge in [-0.05, 0) is 50.2 Å². The molecule has 1 heterocycles. The minimum absolute atomic E-state index is 0. The summed E-state index contributed by atoms with van der Waals surface area (Å²) >= 11 is 0. The van der Waals surface area contributed by atoms with E-state index in [0.717, 1.165) is 32.1 Å². The molecule has 3 rings (SSSR count). The molecule has 164 valence electrons. The third-order valence-corrected chi connectivity index (χ3v) is 5.41. The summed E-state index contributed by atoms with van der Waals surface area (Å²) in [6, 6.07) is 20.0. The van der Waals surface area contributed by atoms with Crippen LogP contribution in [-0.4, -0.2) is 56.0 Å². The number of aliphatic imine (C=N–C) groups is 1. The number of guanidine groups is 1. The Morgan fingerprint density at radius 1 is 1.03 bits per heavy atom. The Hall–Kier alpha value is -1.64. The second kappa shape index (κ2) is 12.9. The minimum atomic E-state index is 0. The van der Waals surface area contributed by atoms with E-state index in [9.17, 15) is 0 Å². The number of hydrogen-bond acceptors (Lipinski definition) is 3. The van der Waals surface area contributed by atoms with Gasteiger partial charge in [-0.2, -0.15) is 0 Å². The lowest BCUT2D eigenvalue weighted by molar-refractivity contribution is 0.245. The lowest BCUT2D eigenvalue weighted by Crippen LogP contribution is -2.44. The lowest BCUT2D eigenvalue weighted by atomic mass is 10.1. The van der Waals surface area contributed by atoms with E-state index in [-0.39, 0.29) is 24.0 Å². The summed E-state index contributed by atoms with van der Waals surface area (Å²) in [7, 11) is 6.04. The molecule has 0 bridgehead atoms. The maximum Gasteiger partial charge on any atom is 0.191 e. The lowest BCUT2D eigenvalue weighted by Gasteiger charge is -2.25. The standard InChI is InChI=1S/C24H35N5.HI/c1-25-24(26-16-21-11-7-12-22(15-21)18-28(2)3)27-17-23-13-8-14-29(23)19-20-9-5-4-6-10-20;/h4-7,9-12,15,23H,8,13-14,16-19H2,1-3H3,(H2,25,26,27);1H. The molecular formula is C24H36IN5. The van der Waals surface area contributed by atoms with Gasteiger partial charge in [0.2, 0.25) is 0 Å². The minimum Gasteiger partial charge on any atom is -0.355 e. The molecule has 2 aromatic rings. The maximum atomic E-state index is 4.41. The quantitative estimate of drug-likeness (QED) is 0.316. The van der Waals surface area contributed by atoms with Crippen LogP contribution < -0.4 is 10.6 Å². The molecule has 1 atom stereocenters. The molecule has 1 fully saturated rings. The van der Waals surface area contributed by atoms with Crippen molar-refractivity contribution in [1.29, 1.82) is 0 Å². The topological polar surface area (TPSA) is 42.9 Å². The van der Waals surface area contributed by atoms with Gasteiger partial charge in [0, 0.05) is 39.3 Å². The van der Waals surface area contributed by atoms with Crippen LogP contribution in [0.2, 0.25) is 0 Å². The number of nitrogens with zero attached hydrogens (tertiary/aromatic N) is 3. The van der Waals surface area contributed by atoms with Gasteiger partial charge in [-0.3, -0.25) is 9.89 Å². The largest absolute Gasteiger partial charge is 0.355 e. The number of hydrogen-bond donors (Lipinski definition) is 2. The number of likely N-dealkylation sites (tertiary alicyclic amines) is 1. The van der Waals surface area contributed by atoms with Crippen LogP contribution in [-0.2, 0) is 19.6 Å². The van der Waals surface area contributed by atoms with Crippen molar-refractivity contribution < 1.29 is 0 Å². The van der Waals surface area contributed by atoms with Gasteiger partial charge in [0.05, 0.1) is 0 Å². The van der Waals surface area contributed by atoms with Crippen LogP contribution in [0, 0.1) is 0 Å². The number of benzene rings is 2. The Morgan fingerprint density at radius 3 is 2.50 bits per heavy atom. The predicted octanol–water partition coefficient (Wildman–Crippen LogP) is 3.70. The zero-order valence-electron chi connectivity index (χ0n) is 18.5. The zero-order valence-corrected chi connectivity index (χ0v) is 20.8. The molecule has 0 saturated carbocycles. The fraction of sp³-hybridized carbons (Fsp3) is 0.458. The van der Waals surface area contributed by atoms with Crippen molar-refractivity contribution in [2.75, 3.05) is 34.2 Å². The summed E-state index contributed by atoms with van der Waals surface area (Å²) in [5.41, 5.74) is 4.00. The van der Waals surface area contributed by atoms with E-state index in [1.54, 1.807) is 0 Å². The fourth-order valence-corrected chi connectivity index (χ4v) is 3.98. The molecule has 30 heavy (non-hydrogen) atoms. The van der Waals surface area contributed by atoms with E-state index in [0.29, 0.717) is 6.04 Å². The van der Waals surface area contributed by atoms with Crippen molar-refractivity contribution in [2.45, 2.75) is 38.5 Å². The van der Waals surface area contributed by atoms with E-state index < -0.39 is 0 Å². The first-order valence-electron chi connectivity index (χ1n) is 10.6. The summed E-state index contributed by atoms with van der Waals surface area (Å²) in [5.74, 6) is 0.870. The van der Waals surface area contributed by atoms with E-state index in [2.05, 4.69) is 94.1 Å². The number of nitrogens with one attached hydrogen (secondary N) is 2. The fourth-order valence-electron chi connectivity index (χ4n) is 3.98. The van der Waals surface area contributed by atoms with E-state index >= 15 is 0 Å². The predicted molar refractivity (Wildman–Crippen MR) is 137 cm³/mol.